The summed E-state index contributed by atoms with van der Waals surface area (Å²) >= 11 is 5.76. The van der Waals surface area contributed by atoms with Crippen molar-refractivity contribution in [3.63, 3.8) is 0 Å². The first-order chi connectivity index (χ1) is 10.8. The standard InChI is InChI=1S/C15H8ClF3N2O2/c16-13-6-11-8(7-20-13)5-12(21(11)14(22)23)9-3-1-2-4-10(9)15(17,18)19/h1-7H,(H,22,23). The van der Waals surface area contributed by atoms with Gasteiger partial charge < -0.3 is 5.11 Å². The van der Waals surface area contributed by atoms with Crippen molar-refractivity contribution in [1.29, 1.82) is 0 Å². The summed E-state index contributed by atoms with van der Waals surface area (Å²) in [4.78, 5) is 15.4. The molecule has 1 N–H and O–H groups in total. The maximum absolute atomic E-state index is 13.2. The number of benzene rings is 1. The number of fused-ring (bicyclic) bond motifs is 1. The summed E-state index contributed by atoms with van der Waals surface area (Å²) in [5.41, 5.74) is -1.06. The van der Waals surface area contributed by atoms with E-state index >= 15 is 0 Å². The molecule has 8 heteroatoms. The number of aromatic nitrogens is 2. The first kappa shape index (κ1) is 15.4. The molecule has 118 valence electrons. The van der Waals surface area contributed by atoms with Crippen LogP contribution >= 0.6 is 11.6 Å². The third-order valence-electron chi connectivity index (χ3n) is 3.35. The summed E-state index contributed by atoms with van der Waals surface area (Å²) in [6, 6.07) is 7.44. The van der Waals surface area contributed by atoms with E-state index in [4.69, 9.17) is 11.6 Å². The second-order valence-corrected chi connectivity index (χ2v) is 5.14. The average molecular weight is 341 g/mol. The molecule has 0 atom stereocenters. The third kappa shape index (κ3) is 2.63. The molecule has 0 unspecified atom stereocenters. The lowest BCUT2D eigenvalue weighted by atomic mass is 10.0. The van der Waals surface area contributed by atoms with Crippen LogP contribution in [0.3, 0.4) is 0 Å². The van der Waals surface area contributed by atoms with E-state index in [0.717, 1.165) is 10.6 Å². The fraction of sp³-hybridized carbons (Fsp3) is 0.0667. The Kier molecular flexibility index (Phi) is 3.52. The zero-order valence-electron chi connectivity index (χ0n) is 11.3. The molecule has 0 saturated heterocycles. The number of rotatable bonds is 1. The number of pyridine rings is 1. The Morgan fingerprint density at radius 2 is 1.91 bits per heavy atom. The van der Waals surface area contributed by atoms with Crippen molar-refractivity contribution in [3.8, 4) is 11.3 Å². The molecule has 0 bridgehead atoms. The molecule has 0 fully saturated rings. The van der Waals surface area contributed by atoms with Crippen molar-refractivity contribution in [2.24, 2.45) is 0 Å². The Balaban J connectivity index is 2.38. The van der Waals surface area contributed by atoms with Gasteiger partial charge in [0.1, 0.15) is 5.15 Å². The van der Waals surface area contributed by atoms with Crippen LogP contribution in [-0.4, -0.2) is 20.8 Å². The van der Waals surface area contributed by atoms with Gasteiger partial charge in [0.15, 0.2) is 0 Å². The van der Waals surface area contributed by atoms with Gasteiger partial charge in [-0.25, -0.2) is 14.3 Å². The number of carboxylic acid groups (broad SMARTS) is 1. The van der Waals surface area contributed by atoms with Crippen LogP contribution in [0.5, 0.6) is 0 Å². The van der Waals surface area contributed by atoms with Gasteiger partial charge >= 0.3 is 12.3 Å². The van der Waals surface area contributed by atoms with Crippen molar-refractivity contribution < 1.29 is 23.1 Å². The first-order valence-electron chi connectivity index (χ1n) is 6.36. The number of nitrogens with zero attached hydrogens (tertiary/aromatic N) is 2. The van der Waals surface area contributed by atoms with Crippen LogP contribution in [0, 0.1) is 0 Å². The lowest BCUT2D eigenvalue weighted by Crippen LogP contribution is -2.12. The molecular weight excluding hydrogens is 333 g/mol. The third-order valence-corrected chi connectivity index (χ3v) is 3.56. The highest BCUT2D eigenvalue weighted by Crippen LogP contribution is 2.38. The highest BCUT2D eigenvalue weighted by molar-refractivity contribution is 6.30. The predicted octanol–water partition coefficient (Wildman–Crippen LogP) is 4.90. The monoisotopic (exact) mass is 340 g/mol. The number of halogens is 4. The predicted molar refractivity (Wildman–Crippen MR) is 78.6 cm³/mol. The van der Waals surface area contributed by atoms with Gasteiger partial charge in [0, 0.05) is 23.2 Å². The zero-order chi connectivity index (χ0) is 16.8. The molecule has 1 aromatic carbocycles. The van der Waals surface area contributed by atoms with E-state index in [9.17, 15) is 23.1 Å². The zero-order valence-corrected chi connectivity index (χ0v) is 12.1. The van der Waals surface area contributed by atoms with E-state index in [-0.39, 0.29) is 21.9 Å². The van der Waals surface area contributed by atoms with Crippen LogP contribution in [0.4, 0.5) is 18.0 Å². The molecule has 0 aliphatic rings. The van der Waals surface area contributed by atoms with Gasteiger partial charge in [0.25, 0.3) is 0 Å². The molecule has 0 radical (unpaired) electrons. The Morgan fingerprint density at radius 3 is 2.57 bits per heavy atom. The topological polar surface area (TPSA) is 55.1 Å². The molecule has 23 heavy (non-hydrogen) atoms. The molecule has 0 spiro atoms. The maximum Gasteiger partial charge on any atom is 0.417 e. The molecule has 2 aromatic heterocycles. The number of hydrogen-bond donors (Lipinski definition) is 1. The average Bonchev–Trinajstić information content (AvgIpc) is 2.84. The molecule has 0 amide bonds. The van der Waals surface area contributed by atoms with Crippen LogP contribution < -0.4 is 0 Å². The quantitative estimate of drug-likeness (QED) is 0.641. The van der Waals surface area contributed by atoms with Gasteiger partial charge in [-0.1, -0.05) is 29.8 Å². The molecule has 0 saturated carbocycles. The molecular formula is C15H8ClF3N2O2. The second-order valence-electron chi connectivity index (χ2n) is 4.76. The largest absolute Gasteiger partial charge is 0.464 e. The van der Waals surface area contributed by atoms with E-state index in [1.54, 1.807) is 0 Å². The van der Waals surface area contributed by atoms with Gasteiger partial charge in [-0.2, -0.15) is 13.2 Å². The van der Waals surface area contributed by atoms with E-state index in [2.05, 4.69) is 4.98 Å². The van der Waals surface area contributed by atoms with Crippen molar-refractivity contribution in [3.05, 3.63) is 53.3 Å². The summed E-state index contributed by atoms with van der Waals surface area (Å²) in [5.74, 6) is 0. The highest BCUT2D eigenvalue weighted by Gasteiger charge is 2.34. The van der Waals surface area contributed by atoms with E-state index in [1.807, 2.05) is 0 Å². The molecule has 0 aliphatic carbocycles. The Morgan fingerprint density at radius 1 is 1.22 bits per heavy atom. The highest BCUT2D eigenvalue weighted by atomic mass is 35.5. The number of hydrogen-bond acceptors (Lipinski definition) is 2. The Bertz CT molecular complexity index is 919. The Labute approximate surface area is 132 Å². The normalized spacial score (nSPS) is 11.8. The second kappa shape index (κ2) is 5.27. The lowest BCUT2D eigenvalue weighted by Gasteiger charge is -2.13. The minimum atomic E-state index is -4.60. The lowest BCUT2D eigenvalue weighted by molar-refractivity contribution is -0.137. The van der Waals surface area contributed by atoms with Crippen LogP contribution in [-0.2, 0) is 6.18 Å². The first-order valence-corrected chi connectivity index (χ1v) is 6.73. The van der Waals surface area contributed by atoms with Crippen LogP contribution in [0.25, 0.3) is 22.2 Å². The van der Waals surface area contributed by atoms with Crippen LogP contribution in [0.1, 0.15) is 5.56 Å². The number of carbonyl (C=O) groups is 1. The maximum atomic E-state index is 13.2. The summed E-state index contributed by atoms with van der Waals surface area (Å²) in [7, 11) is 0. The fourth-order valence-electron chi connectivity index (χ4n) is 2.44. The van der Waals surface area contributed by atoms with Gasteiger partial charge in [-0.3, -0.25) is 0 Å². The van der Waals surface area contributed by atoms with Crippen molar-refractivity contribution in [2.45, 2.75) is 6.18 Å². The van der Waals surface area contributed by atoms with Gasteiger partial charge in [-0.15, -0.1) is 0 Å². The van der Waals surface area contributed by atoms with Crippen molar-refractivity contribution in [1.82, 2.24) is 9.55 Å². The minimum absolute atomic E-state index is 0.0498. The van der Waals surface area contributed by atoms with Gasteiger partial charge in [-0.05, 0) is 12.1 Å². The van der Waals surface area contributed by atoms with E-state index < -0.39 is 17.8 Å². The van der Waals surface area contributed by atoms with Gasteiger partial charge in [0.2, 0.25) is 0 Å². The minimum Gasteiger partial charge on any atom is -0.464 e. The smallest absolute Gasteiger partial charge is 0.417 e. The summed E-state index contributed by atoms with van der Waals surface area (Å²) in [5, 5.41) is 9.84. The Hall–Kier alpha value is -2.54. The molecule has 0 aliphatic heterocycles. The number of alkyl halides is 3. The van der Waals surface area contributed by atoms with Crippen LogP contribution in [0.2, 0.25) is 5.15 Å². The SMILES string of the molecule is O=C(O)n1c(-c2ccccc2C(F)(F)F)cc2cnc(Cl)cc21. The van der Waals surface area contributed by atoms with Crippen molar-refractivity contribution >= 4 is 28.6 Å². The summed E-state index contributed by atoms with van der Waals surface area (Å²) in [6.45, 7) is 0. The molecule has 3 aromatic rings. The van der Waals surface area contributed by atoms with Crippen molar-refractivity contribution in [2.75, 3.05) is 0 Å². The van der Waals surface area contributed by atoms with Crippen LogP contribution in [0.15, 0.2) is 42.6 Å². The molecule has 3 rings (SSSR count). The molecule has 4 nitrogen and oxygen atoms in total. The van der Waals surface area contributed by atoms with E-state index in [1.165, 1.54) is 36.5 Å². The summed E-state index contributed by atoms with van der Waals surface area (Å²) < 4.78 is 40.4. The molecule has 2 heterocycles. The summed E-state index contributed by atoms with van der Waals surface area (Å²) in [6.07, 6.45) is -4.70. The fourth-order valence-corrected chi connectivity index (χ4v) is 2.59. The van der Waals surface area contributed by atoms with Gasteiger partial charge in [0.05, 0.1) is 16.8 Å². The van der Waals surface area contributed by atoms with E-state index in [0.29, 0.717) is 5.39 Å².